The zero-order chi connectivity index (χ0) is 28.6. The second kappa shape index (κ2) is 11.5. The molecule has 0 bridgehead atoms. The molecule has 0 saturated heterocycles. The number of amides is 2. The van der Waals surface area contributed by atoms with Gasteiger partial charge in [0.15, 0.2) is 0 Å². The van der Waals surface area contributed by atoms with Crippen molar-refractivity contribution in [2.24, 2.45) is 11.8 Å². The predicted octanol–water partition coefficient (Wildman–Crippen LogP) is 6.14. The van der Waals surface area contributed by atoms with Gasteiger partial charge in [0.25, 0.3) is 11.8 Å². The summed E-state index contributed by atoms with van der Waals surface area (Å²) >= 11 is 2.82. The zero-order valence-corrected chi connectivity index (χ0v) is 24.6. The number of carbonyl (C=O) groups excluding carboxylic acids is 4. The van der Waals surface area contributed by atoms with Crippen LogP contribution < -0.4 is 10.6 Å². The van der Waals surface area contributed by atoms with Crippen molar-refractivity contribution in [3.63, 3.8) is 0 Å². The van der Waals surface area contributed by atoms with Gasteiger partial charge in [-0.05, 0) is 79.7 Å². The zero-order valence-electron chi connectivity index (χ0n) is 23.0. The van der Waals surface area contributed by atoms with E-state index in [0.29, 0.717) is 33.0 Å². The van der Waals surface area contributed by atoms with Gasteiger partial charge in [-0.15, -0.1) is 22.7 Å². The van der Waals surface area contributed by atoms with Gasteiger partial charge in [0, 0.05) is 20.9 Å². The summed E-state index contributed by atoms with van der Waals surface area (Å²) in [6.45, 7) is 4.35. The van der Waals surface area contributed by atoms with E-state index in [4.69, 9.17) is 9.47 Å². The van der Waals surface area contributed by atoms with E-state index >= 15 is 0 Å². The highest BCUT2D eigenvalue weighted by Crippen LogP contribution is 2.41. The Morgan fingerprint density at radius 3 is 1.57 bits per heavy atom. The van der Waals surface area contributed by atoms with Crippen molar-refractivity contribution in [2.45, 2.75) is 52.4 Å². The molecule has 40 heavy (non-hydrogen) atoms. The number of benzene rings is 1. The summed E-state index contributed by atoms with van der Waals surface area (Å²) < 4.78 is 10.0. The van der Waals surface area contributed by atoms with Crippen LogP contribution in [-0.4, -0.2) is 38.0 Å². The van der Waals surface area contributed by atoms with Crippen molar-refractivity contribution in [1.82, 2.24) is 0 Å². The Labute approximate surface area is 241 Å². The average Bonchev–Trinajstić information content (AvgIpc) is 3.48. The monoisotopic (exact) mass is 580 g/mol. The molecule has 8 nitrogen and oxygen atoms in total. The molecule has 0 radical (unpaired) electrons. The number of thiophene rings is 2. The first kappa shape index (κ1) is 28.0. The van der Waals surface area contributed by atoms with E-state index in [2.05, 4.69) is 24.5 Å². The lowest BCUT2D eigenvalue weighted by Crippen LogP contribution is -2.18. The minimum Gasteiger partial charge on any atom is -0.465 e. The van der Waals surface area contributed by atoms with Crippen molar-refractivity contribution in [3.8, 4) is 0 Å². The quantitative estimate of drug-likeness (QED) is 0.339. The molecule has 0 saturated carbocycles. The van der Waals surface area contributed by atoms with Crippen molar-refractivity contribution in [1.29, 1.82) is 0 Å². The predicted molar refractivity (Wildman–Crippen MR) is 156 cm³/mol. The van der Waals surface area contributed by atoms with Crippen LogP contribution in [0.25, 0.3) is 0 Å². The third kappa shape index (κ3) is 5.42. The number of ether oxygens (including phenoxy) is 2. The molecule has 5 rings (SSSR count). The highest BCUT2D eigenvalue weighted by atomic mass is 32.1. The molecule has 2 heterocycles. The number of fused-ring (bicyclic) bond motifs is 2. The van der Waals surface area contributed by atoms with Crippen molar-refractivity contribution in [2.75, 3.05) is 24.9 Å². The number of anilines is 2. The van der Waals surface area contributed by atoms with Crippen LogP contribution in [0.5, 0.6) is 0 Å². The van der Waals surface area contributed by atoms with E-state index in [9.17, 15) is 19.2 Å². The van der Waals surface area contributed by atoms with Gasteiger partial charge in [-0.1, -0.05) is 19.9 Å². The van der Waals surface area contributed by atoms with Gasteiger partial charge in [-0.2, -0.15) is 0 Å². The van der Waals surface area contributed by atoms with Crippen molar-refractivity contribution < 1.29 is 28.7 Å². The largest absolute Gasteiger partial charge is 0.465 e. The van der Waals surface area contributed by atoms with E-state index in [1.807, 2.05) is 0 Å². The Morgan fingerprint density at radius 1 is 0.750 bits per heavy atom. The summed E-state index contributed by atoms with van der Waals surface area (Å²) in [7, 11) is 2.67. The van der Waals surface area contributed by atoms with Crippen LogP contribution in [-0.2, 0) is 35.2 Å². The normalized spacial score (nSPS) is 17.8. The number of nitrogens with one attached hydrogen (secondary N) is 2. The molecule has 2 amide bonds. The summed E-state index contributed by atoms with van der Waals surface area (Å²) in [5, 5.41) is 6.70. The fourth-order valence-corrected chi connectivity index (χ4v) is 8.25. The third-order valence-corrected chi connectivity index (χ3v) is 9.98. The molecule has 2 aliphatic rings. The molecule has 2 atom stereocenters. The van der Waals surface area contributed by atoms with Crippen LogP contribution in [0.4, 0.5) is 10.0 Å². The van der Waals surface area contributed by atoms with Gasteiger partial charge in [0.2, 0.25) is 0 Å². The lowest BCUT2D eigenvalue weighted by atomic mass is 9.88. The fraction of sp³-hybridized carbons (Fsp3) is 0.400. The number of esters is 2. The van der Waals surface area contributed by atoms with E-state index in [1.165, 1.54) is 43.0 Å². The number of carbonyl (C=O) groups is 4. The van der Waals surface area contributed by atoms with Gasteiger partial charge >= 0.3 is 11.9 Å². The molecule has 0 spiro atoms. The van der Waals surface area contributed by atoms with E-state index in [1.54, 1.807) is 18.2 Å². The molecule has 210 valence electrons. The summed E-state index contributed by atoms with van der Waals surface area (Å²) in [5.74, 6) is -0.779. The minimum absolute atomic E-state index is 0.274. The molecular weight excluding hydrogens is 548 g/mol. The molecule has 0 fully saturated rings. The minimum atomic E-state index is -0.468. The second-order valence-corrected chi connectivity index (χ2v) is 12.8. The number of methoxy groups -OCH3 is 2. The van der Waals surface area contributed by atoms with Gasteiger partial charge in [-0.3, -0.25) is 9.59 Å². The van der Waals surface area contributed by atoms with Crippen molar-refractivity contribution >= 4 is 56.4 Å². The molecule has 2 aromatic heterocycles. The summed E-state index contributed by atoms with van der Waals surface area (Å²) in [6.07, 6.45) is 5.19. The van der Waals surface area contributed by atoms with Gasteiger partial charge in [0.1, 0.15) is 10.0 Å². The van der Waals surface area contributed by atoms with E-state index in [-0.39, 0.29) is 11.1 Å². The molecular formula is C30H32N2O6S2. The number of rotatable bonds is 6. The van der Waals surface area contributed by atoms with Crippen molar-refractivity contribution in [3.05, 3.63) is 67.4 Å². The first-order valence-electron chi connectivity index (χ1n) is 13.4. The number of hydrogen-bond acceptors (Lipinski definition) is 8. The Bertz CT molecular complexity index is 1400. The first-order valence-corrected chi connectivity index (χ1v) is 15.0. The van der Waals surface area contributed by atoms with Crippen LogP contribution >= 0.6 is 22.7 Å². The maximum atomic E-state index is 13.3. The second-order valence-electron chi connectivity index (χ2n) is 10.6. The summed E-state index contributed by atoms with van der Waals surface area (Å²) in [6, 6.07) is 6.37. The Hall–Kier alpha value is -3.50. The average molecular weight is 581 g/mol. The molecule has 3 aromatic rings. The lowest BCUT2D eigenvalue weighted by molar-refractivity contribution is 0.0591. The summed E-state index contributed by atoms with van der Waals surface area (Å²) in [4.78, 5) is 54.0. The third-order valence-electron chi connectivity index (χ3n) is 7.64. The SMILES string of the molecule is COC(=O)c1c(NC(=O)c2cccc(C(=O)Nc3sc4c(c3C(=O)OC)CCC(C)C4)c2)sc2c1CCC(C)C2. The summed E-state index contributed by atoms with van der Waals surface area (Å²) in [5.41, 5.74) is 3.29. The lowest BCUT2D eigenvalue weighted by Gasteiger charge is -2.18. The van der Waals surface area contributed by atoms with Crippen LogP contribution in [0, 0.1) is 11.8 Å². The smallest absolute Gasteiger partial charge is 0.341 e. The van der Waals surface area contributed by atoms with Gasteiger partial charge in [0.05, 0.1) is 25.3 Å². The molecule has 1 aromatic carbocycles. The molecule has 10 heteroatoms. The highest BCUT2D eigenvalue weighted by Gasteiger charge is 2.30. The highest BCUT2D eigenvalue weighted by molar-refractivity contribution is 7.17. The topological polar surface area (TPSA) is 111 Å². The molecule has 2 aliphatic carbocycles. The van der Waals surface area contributed by atoms with Gasteiger partial charge in [-0.25, -0.2) is 9.59 Å². The maximum absolute atomic E-state index is 13.3. The first-order chi connectivity index (χ1) is 19.2. The van der Waals surface area contributed by atoms with E-state index < -0.39 is 23.8 Å². The Kier molecular flexibility index (Phi) is 8.09. The number of hydrogen-bond donors (Lipinski definition) is 2. The Morgan fingerprint density at radius 2 is 1.18 bits per heavy atom. The molecule has 2 unspecified atom stereocenters. The fourth-order valence-electron chi connectivity index (χ4n) is 5.47. The van der Waals surface area contributed by atoms with E-state index in [0.717, 1.165) is 59.4 Å². The van der Waals surface area contributed by atoms with Crippen LogP contribution in [0.1, 0.15) is 89.0 Å². The van der Waals surface area contributed by atoms with Gasteiger partial charge < -0.3 is 20.1 Å². The molecule has 0 aliphatic heterocycles. The van der Waals surface area contributed by atoms with Crippen LogP contribution in [0.2, 0.25) is 0 Å². The standard InChI is InChI=1S/C30H32N2O6S2/c1-15-8-10-19-21(12-15)39-27(23(19)29(35)37-3)31-25(33)17-6-5-7-18(14-17)26(34)32-28-24(30(36)38-4)20-11-9-16(2)13-22(20)40-28/h5-7,14-16H,8-13H2,1-4H3,(H,31,33)(H,32,34). The van der Waals surface area contributed by atoms with Crippen LogP contribution in [0.15, 0.2) is 24.3 Å². The maximum Gasteiger partial charge on any atom is 0.341 e. The molecule has 2 N–H and O–H groups in total. The van der Waals surface area contributed by atoms with Crippen LogP contribution in [0.3, 0.4) is 0 Å². The Balaban J connectivity index is 1.38.